The minimum atomic E-state index is -5.02. The van der Waals surface area contributed by atoms with Crippen LogP contribution in [0.25, 0.3) is 0 Å². The van der Waals surface area contributed by atoms with Crippen LogP contribution in [0.15, 0.2) is 194 Å². The van der Waals surface area contributed by atoms with Crippen molar-refractivity contribution in [2.24, 2.45) is 0 Å². The summed E-state index contributed by atoms with van der Waals surface area (Å²) >= 11 is 0. The molecule has 0 aromatic heterocycles. The summed E-state index contributed by atoms with van der Waals surface area (Å²) in [5, 5.41) is 10.6. The number of hydrogen-bond donors (Lipinski definition) is 3. The van der Waals surface area contributed by atoms with Crippen molar-refractivity contribution in [3.05, 3.63) is 194 Å². The number of ether oxygens (including phenoxy) is 4. The molecule has 0 bridgehead atoms. The number of aliphatic hydroxyl groups is 1. The van der Waals surface area contributed by atoms with Gasteiger partial charge in [0, 0.05) is 12.8 Å². The number of carbonyl (C=O) groups is 4. The number of aliphatic hydroxyl groups excluding tert-OH is 1. The maximum Gasteiger partial charge on any atom is 0.472 e. The van der Waals surface area contributed by atoms with Crippen LogP contribution in [0.3, 0.4) is 0 Å². The molecular weight excluding hydrogens is 1310 g/mol. The summed E-state index contributed by atoms with van der Waals surface area (Å²) in [6.45, 7) is 4.15. The fraction of sp³-hybridized carbons (Fsp3) is 0.556. The van der Waals surface area contributed by atoms with Gasteiger partial charge in [0.1, 0.15) is 19.3 Å². The Balaban J connectivity index is 5.52. The summed E-state index contributed by atoms with van der Waals surface area (Å²) in [7, 11) is -10.0. The van der Waals surface area contributed by atoms with Crippen molar-refractivity contribution in [1.29, 1.82) is 0 Å². The van der Waals surface area contributed by atoms with Gasteiger partial charge in [-0.05, 0) is 141 Å². The molecule has 5 unspecified atom stereocenters. The van der Waals surface area contributed by atoms with Gasteiger partial charge >= 0.3 is 39.5 Å². The highest BCUT2D eigenvalue weighted by Gasteiger charge is 2.30. The Kier molecular flexibility index (Phi) is 67.0. The molecule has 0 aliphatic rings. The monoisotopic (exact) mass is 1430 g/mol. The second-order valence-electron chi connectivity index (χ2n) is 23.4. The molecule has 19 heteroatoms. The van der Waals surface area contributed by atoms with Gasteiger partial charge in [0.15, 0.2) is 12.2 Å². The van der Waals surface area contributed by atoms with E-state index in [4.69, 9.17) is 37.0 Å². The third-order valence-corrected chi connectivity index (χ3v) is 16.0. The second-order valence-corrected chi connectivity index (χ2v) is 26.3. The van der Waals surface area contributed by atoms with Crippen LogP contribution in [0, 0.1) is 0 Å². The first-order chi connectivity index (χ1) is 48.7. The smallest absolute Gasteiger partial charge is 0.462 e. The number of phosphoric ester groups is 2. The first-order valence-corrected chi connectivity index (χ1v) is 39.7. The van der Waals surface area contributed by atoms with Crippen LogP contribution in [0.5, 0.6) is 0 Å². The Morgan fingerprint density at radius 3 is 0.950 bits per heavy atom. The van der Waals surface area contributed by atoms with Gasteiger partial charge < -0.3 is 33.8 Å². The average molecular weight is 1430 g/mol. The van der Waals surface area contributed by atoms with Crippen molar-refractivity contribution in [1.82, 2.24) is 0 Å². The van der Waals surface area contributed by atoms with Crippen LogP contribution in [0.4, 0.5) is 0 Å². The van der Waals surface area contributed by atoms with Gasteiger partial charge in [-0.2, -0.15) is 0 Å². The summed E-state index contributed by atoms with van der Waals surface area (Å²) in [6, 6.07) is 0. The third kappa shape index (κ3) is 70.3. The zero-order chi connectivity index (χ0) is 73.2. The van der Waals surface area contributed by atoms with Gasteiger partial charge in [-0.15, -0.1) is 0 Å². The molecule has 0 saturated heterocycles. The predicted molar refractivity (Wildman–Crippen MR) is 408 cm³/mol. The molecule has 0 radical (unpaired) electrons. The Labute approximate surface area is 602 Å². The molecule has 3 N–H and O–H groups in total. The van der Waals surface area contributed by atoms with E-state index < -0.39 is 97.5 Å². The van der Waals surface area contributed by atoms with Gasteiger partial charge in [-0.3, -0.25) is 37.3 Å². The van der Waals surface area contributed by atoms with E-state index >= 15 is 0 Å². The summed E-state index contributed by atoms with van der Waals surface area (Å²) < 4.78 is 68.0. The van der Waals surface area contributed by atoms with Gasteiger partial charge in [0.25, 0.3) is 0 Å². The van der Waals surface area contributed by atoms with Crippen LogP contribution in [-0.2, 0) is 65.4 Å². The van der Waals surface area contributed by atoms with Gasteiger partial charge in [0.05, 0.1) is 39.3 Å². The number of carbonyl (C=O) groups excluding carboxylic acids is 4. The van der Waals surface area contributed by atoms with E-state index in [1.165, 1.54) is 6.42 Å². The Hall–Kier alpha value is -6.10. The molecule has 0 amide bonds. The van der Waals surface area contributed by atoms with Crippen LogP contribution in [-0.4, -0.2) is 96.7 Å². The molecule has 0 saturated carbocycles. The number of rotatable bonds is 66. The molecule has 0 aliphatic heterocycles. The molecule has 0 aliphatic carbocycles. The van der Waals surface area contributed by atoms with E-state index in [0.29, 0.717) is 25.7 Å². The van der Waals surface area contributed by atoms with Crippen LogP contribution >= 0.6 is 15.6 Å². The maximum absolute atomic E-state index is 13.1. The quantitative estimate of drug-likeness (QED) is 0.0169. The highest BCUT2D eigenvalue weighted by atomic mass is 31.2. The highest BCUT2D eigenvalue weighted by Crippen LogP contribution is 2.45. The zero-order valence-corrected chi connectivity index (χ0v) is 62.8. The van der Waals surface area contributed by atoms with Crippen LogP contribution < -0.4 is 0 Å². The zero-order valence-electron chi connectivity index (χ0n) is 61.0. The van der Waals surface area contributed by atoms with E-state index in [0.717, 1.165) is 148 Å². The normalized spacial score (nSPS) is 15.1. The summed E-state index contributed by atoms with van der Waals surface area (Å²) in [6.07, 6.45) is 86.5. The Morgan fingerprint density at radius 2 is 0.570 bits per heavy atom. The Bertz CT molecular complexity index is 2670. The number of unbranched alkanes of at least 4 members (excludes halogenated alkanes) is 10. The van der Waals surface area contributed by atoms with Gasteiger partial charge in [0.2, 0.25) is 0 Å². The molecule has 17 nitrogen and oxygen atoms in total. The summed E-state index contributed by atoms with van der Waals surface area (Å²) in [4.78, 5) is 72.6. The lowest BCUT2D eigenvalue weighted by molar-refractivity contribution is -0.160. The molecule has 0 heterocycles. The molecule has 5 atom stereocenters. The van der Waals surface area contributed by atoms with E-state index in [1.54, 1.807) is 18.2 Å². The first kappa shape index (κ1) is 93.9. The SMILES string of the molecule is CC/C=C\C/C=C\C/C=C\C/C=C\C/C=C\CCCCCC(=O)OCC(COP(=O)(O)OCC(O)COP(=O)(O)OCC(COC(=O)C/C=C\C/C=C\C/C=C\C/C=C\C/C=C\CC)OC(=O)CCCCCCC/C=C\CCCC)OC(=O)C/C=C\C/C=C\C/C=C\C/C=C\C/C=C\CC. The number of phosphoric acid groups is 2. The number of allylic oxidation sites excluding steroid dienone is 30. The predicted octanol–water partition coefficient (Wildman–Crippen LogP) is 21.0. The molecule has 0 spiro atoms. The van der Waals surface area contributed by atoms with Gasteiger partial charge in [-0.25, -0.2) is 9.13 Å². The molecule has 0 rings (SSSR count). The van der Waals surface area contributed by atoms with E-state index in [-0.39, 0.29) is 25.7 Å². The lowest BCUT2D eigenvalue weighted by Gasteiger charge is -2.21. The van der Waals surface area contributed by atoms with Crippen molar-refractivity contribution >= 4 is 39.5 Å². The average Bonchev–Trinajstić information content (AvgIpc) is 0.985. The minimum absolute atomic E-state index is 0.0542. The van der Waals surface area contributed by atoms with Crippen molar-refractivity contribution in [2.75, 3.05) is 39.6 Å². The lowest BCUT2D eigenvalue weighted by Crippen LogP contribution is -2.30. The summed E-state index contributed by atoms with van der Waals surface area (Å²) in [5.74, 6) is -2.55. The molecule has 100 heavy (non-hydrogen) atoms. The van der Waals surface area contributed by atoms with E-state index in [1.807, 2.05) is 30.4 Å². The summed E-state index contributed by atoms with van der Waals surface area (Å²) in [5.41, 5.74) is 0. The number of hydrogen-bond acceptors (Lipinski definition) is 15. The molecule has 562 valence electrons. The first-order valence-electron chi connectivity index (χ1n) is 36.7. The minimum Gasteiger partial charge on any atom is -0.462 e. The second kappa shape index (κ2) is 71.3. The van der Waals surface area contributed by atoms with Crippen molar-refractivity contribution in [2.45, 2.75) is 251 Å². The lowest BCUT2D eigenvalue weighted by atomic mass is 10.1. The third-order valence-electron chi connectivity index (χ3n) is 14.1. The molecular formula is C81H126O17P2. The van der Waals surface area contributed by atoms with Crippen molar-refractivity contribution < 1.29 is 80.2 Å². The standard InChI is InChI=1S/C81H126O17P2/c1-5-9-13-17-21-25-29-32-35-36-37-38-41-43-47-50-54-58-62-66-79(84)92-72-77(98-81(86)68-64-60-56-52-48-44-40-34-31-27-23-19-15-11-7-3)74-96-100(89,90)94-70-75(82)69-93-99(87,88)95-73-76(97-80(85)67-63-59-55-51-45-28-24-20-16-12-8-4)71-91-78(83)65-61-57-53-49-46-42-39-33-30-26-22-18-14-10-6-2/h9-11,13-15,20-27,32-35,37-40,43,46-49,52,57,60-61,64,75-77,82H,5-8,12,16-19,28-31,36,41-42,44-45,50-51,53-56,58-59,62-63,65-74H2,1-4H3,(H,87,88)(H,89,90)/b13-9-,14-10-,15-11-,24-20-,25-21-,26-22-,27-23-,35-32-,38-37-,39-33-,40-34-,47-43-,49-46-,52-48-,61-57-,64-60-. The fourth-order valence-corrected chi connectivity index (χ4v) is 10.2. The molecule has 0 fully saturated rings. The van der Waals surface area contributed by atoms with E-state index in [2.05, 4.69) is 174 Å². The van der Waals surface area contributed by atoms with E-state index in [9.17, 15) is 43.2 Å². The largest absolute Gasteiger partial charge is 0.472 e. The highest BCUT2D eigenvalue weighted by molar-refractivity contribution is 7.47. The Morgan fingerprint density at radius 1 is 0.300 bits per heavy atom. The van der Waals surface area contributed by atoms with Crippen LogP contribution in [0.1, 0.15) is 233 Å². The molecule has 0 aromatic carbocycles. The number of esters is 4. The molecule has 0 aromatic rings. The van der Waals surface area contributed by atoms with Crippen molar-refractivity contribution in [3.63, 3.8) is 0 Å². The van der Waals surface area contributed by atoms with Crippen LogP contribution in [0.2, 0.25) is 0 Å². The maximum atomic E-state index is 13.1. The van der Waals surface area contributed by atoms with Gasteiger partial charge in [-0.1, -0.05) is 261 Å². The fourth-order valence-electron chi connectivity index (χ4n) is 8.61. The van der Waals surface area contributed by atoms with Crippen molar-refractivity contribution in [3.8, 4) is 0 Å². The topological polar surface area (TPSA) is 237 Å².